The molecule has 3 aromatic rings. The lowest BCUT2D eigenvalue weighted by Crippen LogP contribution is -1.85. The summed E-state index contributed by atoms with van der Waals surface area (Å²) < 4.78 is 6.13. The van der Waals surface area contributed by atoms with Crippen LogP contribution in [0.15, 0.2) is 41.1 Å². The number of H-pyrrole nitrogens is 2. The highest BCUT2D eigenvalue weighted by atomic mass is 32.1. The summed E-state index contributed by atoms with van der Waals surface area (Å²) in [5.74, 6) is 0. The molecule has 3 rings (SSSR count). The zero-order valence-electron chi connectivity index (χ0n) is 8.49. The lowest BCUT2D eigenvalue weighted by atomic mass is 10.1. The summed E-state index contributed by atoms with van der Waals surface area (Å²) in [4.78, 5) is 6.05. The maximum atomic E-state index is 5.48. The van der Waals surface area contributed by atoms with E-state index in [9.17, 15) is 0 Å². The van der Waals surface area contributed by atoms with E-state index in [0.717, 1.165) is 23.1 Å². The first-order valence-electron chi connectivity index (χ1n) is 5.04. The second-order valence-electron chi connectivity index (χ2n) is 3.70. The summed E-state index contributed by atoms with van der Waals surface area (Å²) >= 11 is 4.99. The van der Waals surface area contributed by atoms with E-state index in [-0.39, 0.29) is 0 Å². The van der Waals surface area contributed by atoms with Crippen molar-refractivity contribution in [3.63, 3.8) is 0 Å². The van der Waals surface area contributed by atoms with Crippen LogP contribution in [0.4, 0.5) is 0 Å². The van der Waals surface area contributed by atoms with Crippen molar-refractivity contribution in [2.45, 2.75) is 6.42 Å². The Morgan fingerprint density at radius 3 is 2.94 bits per heavy atom. The number of furan rings is 1. The summed E-state index contributed by atoms with van der Waals surface area (Å²) in [6.45, 7) is 0. The number of para-hydroxylation sites is 1. The fraction of sp³-hybridized carbons (Fsp3) is 0.0833. The van der Waals surface area contributed by atoms with Crippen molar-refractivity contribution in [3.05, 3.63) is 52.8 Å². The molecule has 0 atom stereocenters. The molecular weight excluding hydrogens is 220 g/mol. The van der Waals surface area contributed by atoms with E-state index < -0.39 is 0 Å². The molecule has 0 aliphatic rings. The summed E-state index contributed by atoms with van der Waals surface area (Å²) in [5, 5.41) is 1.16. The number of nitrogens with one attached hydrogen (secondary N) is 2. The molecule has 0 unspecified atom stereocenters. The van der Waals surface area contributed by atoms with Gasteiger partial charge in [0, 0.05) is 29.3 Å². The molecule has 2 heterocycles. The number of hydrogen-bond donors (Lipinski definition) is 2. The number of aromatic amines is 2. The van der Waals surface area contributed by atoms with Crippen LogP contribution in [0, 0.1) is 4.77 Å². The number of rotatable bonds is 2. The molecule has 0 aliphatic heterocycles. The van der Waals surface area contributed by atoms with Crippen molar-refractivity contribution >= 4 is 23.2 Å². The van der Waals surface area contributed by atoms with Gasteiger partial charge in [-0.25, -0.2) is 0 Å². The van der Waals surface area contributed by atoms with Crippen LogP contribution < -0.4 is 0 Å². The van der Waals surface area contributed by atoms with Crippen LogP contribution in [0.1, 0.15) is 11.3 Å². The van der Waals surface area contributed by atoms with Crippen molar-refractivity contribution < 1.29 is 4.42 Å². The van der Waals surface area contributed by atoms with Crippen molar-refractivity contribution in [1.29, 1.82) is 0 Å². The standard InChI is InChI=1S/C12H10N2OS/c16-12-13-6-9(14-12)5-8-7-15-11-4-2-1-3-10(8)11/h1-4,6-7H,5H2,(H2,13,14,16). The van der Waals surface area contributed by atoms with Crippen molar-refractivity contribution in [2.75, 3.05) is 0 Å². The summed E-state index contributed by atoms with van der Waals surface area (Å²) in [6, 6.07) is 8.02. The Bertz CT molecular complexity index is 677. The van der Waals surface area contributed by atoms with Crippen LogP contribution in [-0.2, 0) is 6.42 Å². The Morgan fingerprint density at radius 1 is 1.25 bits per heavy atom. The molecule has 16 heavy (non-hydrogen) atoms. The van der Waals surface area contributed by atoms with E-state index in [4.69, 9.17) is 16.6 Å². The van der Waals surface area contributed by atoms with Gasteiger partial charge < -0.3 is 14.4 Å². The van der Waals surface area contributed by atoms with E-state index in [1.54, 1.807) is 6.26 Å². The highest BCUT2D eigenvalue weighted by Crippen LogP contribution is 2.22. The topological polar surface area (TPSA) is 44.7 Å². The normalized spacial score (nSPS) is 11.0. The molecule has 0 fully saturated rings. The molecule has 0 radical (unpaired) electrons. The molecule has 1 aromatic carbocycles. The monoisotopic (exact) mass is 230 g/mol. The third-order valence-corrected chi connectivity index (χ3v) is 2.81. The van der Waals surface area contributed by atoms with Crippen molar-refractivity contribution in [3.8, 4) is 0 Å². The van der Waals surface area contributed by atoms with Gasteiger partial charge in [-0.05, 0) is 18.3 Å². The summed E-state index contributed by atoms with van der Waals surface area (Å²) in [6.07, 6.45) is 4.49. The third kappa shape index (κ3) is 1.57. The van der Waals surface area contributed by atoms with E-state index in [1.807, 2.05) is 24.4 Å². The average Bonchev–Trinajstić information content (AvgIpc) is 2.87. The highest BCUT2D eigenvalue weighted by molar-refractivity contribution is 7.71. The first-order valence-corrected chi connectivity index (χ1v) is 5.45. The molecule has 2 aromatic heterocycles. The van der Waals surface area contributed by atoms with Gasteiger partial charge in [-0.15, -0.1) is 0 Å². The Hall–Kier alpha value is -1.81. The van der Waals surface area contributed by atoms with E-state index in [1.165, 1.54) is 5.56 Å². The van der Waals surface area contributed by atoms with Gasteiger partial charge in [0.15, 0.2) is 4.77 Å². The van der Waals surface area contributed by atoms with Gasteiger partial charge >= 0.3 is 0 Å². The number of hydrogen-bond acceptors (Lipinski definition) is 2. The molecule has 80 valence electrons. The number of fused-ring (bicyclic) bond motifs is 1. The summed E-state index contributed by atoms with van der Waals surface area (Å²) in [7, 11) is 0. The molecule has 4 heteroatoms. The van der Waals surface area contributed by atoms with Gasteiger partial charge in [0.05, 0.1) is 6.26 Å². The van der Waals surface area contributed by atoms with Gasteiger partial charge in [-0.3, -0.25) is 0 Å². The first kappa shape index (κ1) is 9.42. The Morgan fingerprint density at radius 2 is 2.12 bits per heavy atom. The molecule has 0 amide bonds. The van der Waals surface area contributed by atoms with Crippen molar-refractivity contribution in [1.82, 2.24) is 9.97 Å². The molecule has 0 aliphatic carbocycles. The largest absolute Gasteiger partial charge is 0.464 e. The van der Waals surface area contributed by atoms with E-state index in [0.29, 0.717) is 4.77 Å². The Labute approximate surface area is 97.1 Å². The predicted molar refractivity (Wildman–Crippen MR) is 65.0 cm³/mol. The average molecular weight is 230 g/mol. The summed E-state index contributed by atoms with van der Waals surface area (Å²) in [5.41, 5.74) is 3.16. The second kappa shape index (κ2) is 3.64. The minimum atomic E-state index is 0.655. The quantitative estimate of drug-likeness (QED) is 0.663. The third-order valence-electron chi connectivity index (χ3n) is 2.59. The maximum absolute atomic E-state index is 5.48. The second-order valence-corrected chi connectivity index (χ2v) is 4.11. The first-order chi connectivity index (χ1) is 7.83. The van der Waals surface area contributed by atoms with Crippen LogP contribution >= 0.6 is 12.2 Å². The molecule has 0 saturated carbocycles. The SMILES string of the molecule is S=c1[nH]cc(Cc2coc3ccccc23)[nH]1. The van der Waals surface area contributed by atoms with Crippen molar-refractivity contribution in [2.24, 2.45) is 0 Å². The smallest absolute Gasteiger partial charge is 0.174 e. The lowest BCUT2D eigenvalue weighted by Gasteiger charge is -1.94. The van der Waals surface area contributed by atoms with Gasteiger partial charge in [-0.1, -0.05) is 18.2 Å². The number of imidazole rings is 1. The minimum Gasteiger partial charge on any atom is -0.464 e. The van der Waals surface area contributed by atoms with E-state index >= 15 is 0 Å². The van der Waals surface area contributed by atoms with Crippen LogP contribution in [0.5, 0.6) is 0 Å². The van der Waals surface area contributed by atoms with Crippen LogP contribution in [0.3, 0.4) is 0 Å². The Kier molecular flexibility index (Phi) is 2.15. The number of benzene rings is 1. The number of aromatic nitrogens is 2. The fourth-order valence-corrected chi connectivity index (χ4v) is 2.03. The fourth-order valence-electron chi connectivity index (χ4n) is 1.84. The predicted octanol–water partition coefficient (Wildman–Crippen LogP) is 3.41. The lowest BCUT2D eigenvalue weighted by molar-refractivity contribution is 0.611. The van der Waals surface area contributed by atoms with Gasteiger partial charge in [0.25, 0.3) is 0 Å². The molecule has 0 saturated heterocycles. The molecule has 3 nitrogen and oxygen atoms in total. The molecule has 0 bridgehead atoms. The molecule has 0 spiro atoms. The minimum absolute atomic E-state index is 0.655. The zero-order valence-corrected chi connectivity index (χ0v) is 9.30. The van der Waals surface area contributed by atoms with Gasteiger partial charge in [-0.2, -0.15) is 0 Å². The zero-order chi connectivity index (χ0) is 11.0. The van der Waals surface area contributed by atoms with Crippen LogP contribution in [0.2, 0.25) is 0 Å². The Balaban J connectivity index is 2.03. The van der Waals surface area contributed by atoms with Crippen LogP contribution in [0.25, 0.3) is 11.0 Å². The van der Waals surface area contributed by atoms with E-state index in [2.05, 4.69) is 16.0 Å². The van der Waals surface area contributed by atoms with Crippen LogP contribution in [-0.4, -0.2) is 9.97 Å². The van der Waals surface area contributed by atoms with Gasteiger partial charge in [0.1, 0.15) is 5.58 Å². The molecular formula is C12H10N2OS. The molecule has 2 N–H and O–H groups in total. The maximum Gasteiger partial charge on any atom is 0.174 e. The highest BCUT2D eigenvalue weighted by Gasteiger charge is 2.06. The van der Waals surface area contributed by atoms with Gasteiger partial charge in [0.2, 0.25) is 0 Å².